The first kappa shape index (κ1) is 16.8. The SMILES string of the molecule is COc1ccc([C@@H]2C(C#N)=C(N)Oc3ccc4ccccc4c32)c(OC)c1. The van der Waals surface area contributed by atoms with Gasteiger partial charge in [0.15, 0.2) is 0 Å². The Morgan fingerprint density at radius 2 is 1.85 bits per heavy atom. The molecule has 0 saturated carbocycles. The molecule has 0 spiro atoms. The van der Waals surface area contributed by atoms with Gasteiger partial charge in [-0.25, -0.2) is 0 Å². The first-order valence-electron chi connectivity index (χ1n) is 8.49. The van der Waals surface area contributed by atoms with E-state index >= 15 is 0 Å². The van der Waals surface area contributed by atoms with E-state index in [-0.39, 0.29) is 5.88 Å². The summed E-state index contributed by atoms with van der Waals surface area (Å²) in [5.41, 5.74) is 8.19. The van der Waals surface area contributed by atoms with Crippen molar-refractivity contribution >= 4 is 10.8 Å². The van der Waals surface area contributed by atoms with E-state index in [4.69, 9.17) is 19.9 Å². The van der Waals surface area contributed by atoms with Crippen LogP contribution < -0.4 is 19.9 Å². The molecule has 1 heterocycles. The van der Waals surface area contributed by atoms with Gasteiger partial charge in [0, 0.05) is 17.2 Å². The number of allylic oxidation sites excluding steroid dienone is 1. The molecule has 2 N–H and O–H groups in total. The molecule has 27 heavy (non-hydrogen) atoms. The van der Waals surface area contributed by atoms with Crippen LogP contribution in [0, 0.1) is 11.3 Å². The molecule has 0 unspecified atom stereocenters. The molecular weight excluding hydrogens is 340 g/mol. The third kappa shape index (κ3) is 2.63. The quantitative estimate of drug-likeness (QED) is 0.763. The molecule has 4 rings (SSSR count). The highest BCUT2D eigenvalue weighted by Gasteiger charge is 2.34. The van der Waals surface area contributed by atoms with Crippen LogP contribution in [0.15, 0.2) is 66.1 Å². The zero-order valence-corrected chi connectivity index (χ0v) is 15.0. The largest absolute Gasteiger partial charge is 0.497 e. The first-order chi connectivity index (χ1) is 13.2. The Kier molecular flexibility index (Phi) is 4.09. The minimum absolute atomic E-state index is 0.114. The van der Waals surface area contributed by atoms with Crippen LogP contribution >= 0.6 is 0 Å². The second-order valence-electron chi connectivity index (χ2n) is 6.23. The monoisotopic (exact) mass is 358 g/mol. The Labute approximate surface area is 157 Å². The summed E-state index contributed by atoms with van der Waals surface area (Å²) in [6, 6.07) is 19.7. The Bertz CT molecular complexity index is 1110. The molecule has 0 aromatic heterocycles. The minimum atomic E-state index is -0.397. The van der Waals surface area contributed by atoms with Crippen LogP contribution in [-0.2, 0) is 0 Å². The Hall–Kier alpha value is -3.65. The molecule has 3 aromatic carbocycles. The fourth-order valence-electron chi connectivity index (χ4n) is 3.61. The lowest BCUT2D eigenvalue weighted by Crippen LogP contribution is -2.21. The third-order valence-corrected chi connectivity index (χ3v) is 4.87. The van der Waals surface area contributed by atoms with Gasteiger partial charge in [-0.3, -0.25) is 0 Å². The molecule has 0 amide bonds. The van der Waals surface area contributed by atoms with E-state index in [0.29, 0.717) is 22.8 Å². The number of hydrogen-bond acceptors (Lipinski definition) is 5. The fourth-order valence-corrected chi connectivity index (χ4v) is 3.61. The molecule has 0 bridgehead atoms. The summed E-state index contributed by atoms with van der Waals surface area (Å²) in [5, 5.41) is 11.9. The van der Waals surface area contributed by atoms with Gasteiger partial charge in [-0.2, -0.15) is 5.26 Å². The van der Waals surface area contributed by atoms with E-state index in [1.54, 1.807) is 20.3 Å². The second-order valence-corrected chi connectivity index (χ2v) is 6.23. The lowest BCUT2D eigenvalue weighted by Gasteiger charge is -2.28. The first-order valence-corrected chi connectivity index (χ1v) is 8.49. The molecule has 1 atom stereocenters. The normalized spacial score (nSPS) is 15.7. The fraction of sp³-hybridized carbons (Fsp3) is 0.136. The number of nitriles is 1. The number of rotatable bonds is 3. The molecule has 0 saturated heterocycles. The predicted octanol–water partition coefficient (Wildman–Crippen LogP) is 4.08. The Balaban J connectivity index is 2.05. The average Bonchev–Trinajstić information content (AvgIpc) is 2.72. The van der Waals surface area contributed by atoms with Gasteiger partial charge >= 0.3 is 0 Å². The number of methoxy groups -OCH3 is 2. The lowest BCUT2D eigenvalue weighted by molar-refractivity contribution is 0.382. The van der Waals surface area contributed by atoms with Crippen molar-refractivity contribution in [2.45, 2.75) is 5.92 Å². The molecule has 1 aliphatic heterocycles. The summed E-state index contributed by atoms with van der Waals surface area (Å²) in [6.07, 6.45) is 0. The van der Waals surface area contributed by atoms with Crippen LogP contribution in [0.3, 0.4) is 0 Å². The second kappa shape index (κ2) is 6.58. The zero-order valence-electron chi connectivity index (χ0n) is 15.0. The van der Waals surface area contributed by atoms with Gasteiger partial charge in [0.25, 0.3) is 0 Å². The highest BCUT2D eigenvalue weighted by molar-refractivity contribution is 5.90. The summed E-state index contributed by atoms with van der Waals surface area (Å²) >= 11 is 0. The molecule has 134 valence electrons. The molecular formula is C22H18N2O3. The van der Waals surface area contributed by atoms with Crippen molar-refractivity contribution in [2.24, 2.45) is 5.73 Å². The van der Waals surface area contributed by atoms with Crippen molar-refractivity contribution in [3.8, 4) is 23.3 Å². The molecule has 5 nitrogen and oxygen atoms in total. The molecule has 0 fully saturated rings. The smallest absolute Gasteiger partial charge is 0.205 e. The van der Waals surface area contributed by atoms with Gasteiger partial charge in [0.2, 0.25) is 5.88 Å². The number of benzene rings is 3. The maximum absolute atomic E-state index is 9.82. The Morgan fingerprint density at radius 3 is 2.59 bits per heavy atom. The maximum atomic E-state index is 9.82. The minimum Gasteiger partial charge on any atom is -0.497 e. The third-order valence-electron chi connectivity index (χ3n) is 4.87. The topological polar surface area (TPSA) is 77.5 Å². The van der Waals surface area contributed by atoms with Crippen molar-refractivity contribution in [1.82, 2.24) is 0 Å². The van der Waals surface area contributed by atoms with Gasteiger partial charge in [0.1, 0.15) is 28.9 Å². The molecule has 3 aromatic rings. The summed E-state index contributed by atoms with van der Waals surface area (Å²) in [7, 11) is 3.20. The lowest BCUT2D eigenvalue weighted by atomic mass is 9.80. The van der Waals surface area contributed by atoms with Crippen LogP contribution in [-0.4, -0.2) is 14.2 Å². The number of hydrogen-bond donors (Lipinski definition) is 1. The maximum Gasteiger partial charge on any atom is 0.205 e. The molecule has 0 radical (unpaired) electrons. The summed E-state index contributed by atoms with van der Waals surface area (Å²) < 4.78 is 16.7. The van der Waals surface area contributed by atoms with Gasteiger partial charge in [-0.05, 0) is 22.9 Å². The van der Waals surface area contributed by atoms with Crippen LogP contribution in [0.1, 0.15) is 17.0 Å². The van der Waals surface area contributed by atoms with Crippen LogP contribution in [0.5, 0.6) is 17.2 Å². The summed E-state index contributed by atoms with van der Waals surface area (Å²) in [4.78, 5) is 0. The van der Waals surface area contributed by atoms with Gasteiger partial charge in [-0.15, -0.1) is 0 Å². The van der Waals surface area contributed by atoms with E-state index < -0.39 is 5.92 Å². The van der Waals surface area contributed by atoms with Crippen molar-refractivity contribution in [3.05, 3.63) is 77.2 Å². The van der Waals surface area contributed by atoms with E-state index in [2.05, 4.69) is 6.07 Å². The van der Waals surface area contributed by atoms with Crippen LogP contribution in [0.25, 0.3) is 10.8 Å². The molecule has 1 aliphatic rings. The summed E-state index contributed by atoms with van der Waals surface area (Å²) in [6.45, 7) is 0. The number of nitrogens with zero attached hydrogens (tertiary/aromatic N) is 1. The Morgan fingerprint density at radius 1 is 1.04 bits per heavy atom. The van der Waals surface area contributed by atoms with E-state index in [1.165, 1.54) is 0 Å². The average molecular weight is 358 g/mol. The number of fused-ring (bicyclic) bond motifs is 3. The van der Waals surface area contributed by atoms with Gasteiger partial charge < -0.3 is 19.9 Å². The summed E-state index contributed by atoms with van der Waals surface area (Å²) in [5.74, 6) is 1.67. The highest BCUT2D eigenvalue weighted by Crippen LogP contribution is 2.48. The number of ether oxygens (including phenoxy) is 3. The van der Waals surface area contributed by atoms with E-state index in [0.717, 1.165) is 21.9 Å². The highest BCUT2D eigenvalue weighted by atomic mass is 16.5. The van der Waals surface area contributed by atoms with Crippen molar-refractivity contribution in [1.29, 1.82) is 5.26 Å². The van der Waals surface area contributed by atoms with Crippen molar-refractivity contribution in [2.75, 3.05) is 14.2 Å². The van der Waals surface area contributed by atoms with E-state index in [9.17, 15) is 5.26 Å². The zero-order chi connectivity index (χ0) is 19.0. The molecule has 5 heteroatoms. The van der Waals surface area contributed by atoms with Gasteiger partial charge in [-0.1, -0.05) is 36.4 Å². The van der Waals surface area contributed by atoms with E-state index in [1.807, 2.05) is 48.5 Å². The van der Waals surface area contributed by atoms with Gasteiger partial charge in [0.05, 0.1) is 20.1 Å². The standard InChI is InChI=1S/C22H18N2O3/c1-25-14-8-9-16(19(11-14)26-2)20-17(12-23)22(24)27-18-10-7-13-5-3-4-6-15(13)21(18)20/h3-11,20H,24H2,1-2H3/t20-/m1/s1. The van der Waals surface area contributed by atoms with Crippen LogP contribution in [0.2, 0.25) is 0 Å². The van der Waals surface area contributed by atoms with Crippen LogP contribution in [0.4, 0.5) is 0 Å². The van der Waals surface area contributed by atoms with Crippen molar-refractivity contribution in [3.63, 3.8) is 0 Å². The predicted molar refractivity (Wildman–Crippen MR) is 103 cm³/mol. The number of nitrogens with two attached hydrogens (primary N) is 1. The van der Waals surface area contributed by atoms with Crippen molar-refractivity contribution < 1.29 is 14.2 Å². The molecule has 0 aliphatic carbocycles.